The van der Waals surface area contributed by atoms with E-state index >= 15 is 0 Å². The van der Waals surface area contributed by atoms with Crippen molar-refractivity contribution >= 4 is 16.7 Å². The smallest absolute Gasteiger partial charge is 0.195 e. The molecule has 0 unspecified atom stereocenters. The van der Waals surface area contributed by atoms with Crippen molar-refractivity contribution < 1.29 is 9.18 Å². The summed E-state index contributed by atoms with van der Waals surface area (Å²) in [5.74, 6) is -0.502. The van der Waals surface area contributed by atoms with Crippen molar-refractivity contribution in [3.8, 4) is 6.07 Å². The molecular weight excluding hydrogens is 267 g/mol. The Morgan fingerprint density at radius 1 is 1.24 bits per heavy atom. The fourth-order valence-electron chi connectivity index (χ4n) is 2.33. The molecule has 0 fully saturated rings. The molecule has 1 aromatic heterocycles. The third kappa shape index (κ3) is 2.19. The lowest BCUT2D eigenvalue weighted by Gasteiger charge is -2.02. The molecular formula is C17H11FN2O. The summed E-state index contributed by atoms with van der Waals surface area (Å²) in [5.41, 5.74) is 2.66. The minimum atomic E-state index is -0.330. The maximum absolute atomic E-state index is 13.3. The molecule has 4 heteroatoms. The zero-order valence-electron chi connectivity index (χ0n) is 11.3. The predicted octanol–water partition coefficient (Wildman–Crippen LogP) is 3.72. The fourth-order valence-corrected chi connectivity index (χ4v) is 2.33. The number of aromatic nitrogens is 1. The number of H-pyrrole nitrogens is 1. The van der Waals surface area contributed by atoms with Crippen LogP contribution in [0.5, 0.6) is 0 Å². The number of aromatic amines is 1. The van der Waals surface area contributed by atoms with Crippen LogP contribution in [0, 0.1) is 24.1 Å². The van der Waals surface area contributed by atoms with Gasteiger partial charge in [0, 0.05) is 28.2 Å². The molecule has 0 aliphatic heterocycles. The normalized spacial score (nSPS) is 10.5. The van der Waals surface area contributed by atoms with Gasteiger partial charge in [0.2, 0.25) is 0 Å². The Kier molecular flexibility index (Phi) is 3.03. The number of aryl methyl sites for hydroxylation is 1. The number of fused-ring (bicyclic) bond motifs is 1. The molecule has 0 amide bonds. The summed E-state index contributed by atoms with van der Waals surface area (Å²) in [6.45, 7) is 1.63. The summed E-state index contributed by atoms with van der Waals surface area (Å²) >= 11 is 0. The lowest BCUT2D eigenvalue weighted by Crippen LogP contribution is -2.01. The van der Waals surface area contributed by atoms with E-state index in [0.717, 1.165) is 10.9 Å². The molecule has 0 spiro atoms. The van der Waals surface area contributed by atoms with Gasteiger partial charge in [0.15, 0.2) is 5.78 Å². The van der Waals surface area contributed by atoms with Gasteiger partial charge < -0.3 is 4.98 Å². The standard InChI is InChI=1S/C17H11FN2O/c1-10-6-12(3-5-15(10)18)17(21)14-9-20-16-7-11(8-19)2-4-13(14)16/h2-7,9,20H,1H3. The van der Waals surface area contributed by atoms with Crippen molar-refractivity contribution in [1.29, 1.82) is 5.26 Å². The van der Waals surface area contributed by atoms with E-state index in [1.165, 1.54) is 12.1 Å². The quantitative estimate of drug-likeness (QED) is 0.726. The Hall–Kier alpha value is -2.93. The molecule has 0 bridgehead atoms. The van der Waals surface area contributed by atoms with Gasteiger partial charge in [-0.05, 0) is 42.8 Å². The highest BCUT2D eigenvalue weighted by atomic mass is 19.1. The van der Waals surface area contributed by atoms with Crippen molar-refractivity contribution in [2.45, 2.75) is 6.92 Å². The van der Waals surface area contributed by atoms with Gasteiger partial charge in [0.05, 0.1) is 11.6 Å². The molecule has 0 aliphatic carbocycles. The number of ketones is 1. The number of carbonyl (C=O) groups is 1. The molecule has 3 aromatic rings. The number of benzene rings is 2. The largest absolute Gasteiger partial charge is 0.360 e. The number of nitriles is 1. The average molecular weight is 278 g/mol. The molecule has 0 saturated carbocycles. The number of rotatable bonds is 2. The summed E-state index contributed by atoms with van der Waals surface area (Å²) < 4.78 is 13.3. The van der Waals surface area contributed by atoms with E-state index in [9.17, 15) is 9.18 Å². The third-order valence-electron chi connectivity index (χ3n) is 3.48. The first kappa shape index (κ1) is 13.1. The molecule has 2 aromatic carbocycles. The van der Waals surface area contributed by atoms with Crippen molar-refractivity contribution in [1.82, 2.24) is 4.98 Å². The van der Waals surface area contributed by atoms with Crippen LogP contribution in [0.25, 0.3) is 10.9 Å². The van der Waals surface area contributed by atoms with Gasteiger partial charge in [-0.1, -0.05) is 6.07 Å². The highest BCUT2D eigenvalue weighted by Crippen LogP contribution is 2.23. The molecule has 21 heavy (non-hydrogen) atoms. The first-order valence-corrected chi connectivity index (χ1v) is 6.42. The molecule has 102 valence electrons. The second kappa shape index (κ2) is 4.88. The van der Waals surface area contributed by atoms with E-state index in [0.29, 0.717) is 22.3 Å². The number of hydrogen-bond donors (Lipinski definition) is 1. The fraction of sp³-hybridized carbons (Fsp3) is 0.0588. The van der Waals surface area contributed by atoms with Crippen molar-refractivity contribution in [3.63, 3.8) is 0 Å². The van der Waals surface area contributed by atoms with Crippen molar-refractivity contribution in [3.05, 3.63) is 70.7 Å². The Labute approximate surface area is 120 Å². The summed E-state index contributed by atoms with van der Waals surface area (Å²) in [4.78, 5) is 15.5. The number of nitrogens with zero attached hydrogens (tertiary/aromatic N) is 1. The van der Waals surface area contributed by atoms with Crippen LogP contribution in [0.3, 0.4) is 0 Å². The predicted molar refractivity (Wildman–Crippen MR) is 77.6 cm³/mol. The lowest BCUT2D eigenvalue weighted by molar-refractivity contribution is 0.104. The van der Waals surface area contributed by atoms with Gasteiger partial charge in [0.1, 0.15) is 5.82 Å². The van der Waals surface area contributed by atoms with Crippen LogP contribution in [0.2, 0.25) is 0 Å². The van der Waals surface area contributed by atoms with Crippen LogP contribution in [0.15, 0.2) is 42.6 Å². The summed E-state index contributed by atoms with van der Waals surface area (Å²) in [7, 11) is 0. The van der Waals surface area contributed by atoms with Gasteiger partial charge in [-0.15, -0.1) is 0 Å². The van der Waals surface area contributed by atoms with Gasteiger partial charge in [0.25, 0.3) is 0 Å². The van der Waals surface area contributed by atoms with Gasteiger partial charge in [-0.2, -0.15) is 5.26 Å². The minimum absolute atomic E-state index is 0.172. The van der Waals surface area contributed by atoms with Gasteiger partial charge in [-0.3, -0.25) is 4.79 Å². The lowest BCUT2D eigenvalue weighted by atomic mass is 10.0. The minimum Gasteiger partial charge on any atom is -0.360 e. The summed E-state index contributed by atoms with van der Waals surface area (Å²) in [6.07, 6.45) is 1.62. The maximum atomic E-state index is 13.3. The van der Waals surface area contributed by atoms with E-state index in [4.69, 9.17) is 5.26 Å². The Balaban J connectivity index is 2.09. The highest BCUT2D eigenvalue weighted by Gasteiger charge is 2.15. The molecule has 0 aliphatic rings. The maximum Gasteiger partial charge on any atom is 0.195 e. The Morgan fingerprint density at radius 3 is 2.76 bits per heavy atom. The molecule has 0 atom stereocenters. The van der Waals surface area contributed by atoms with Crippen molar-refractivity contribution in [2.75, 3.05) is 0 Å². The molecule has 0 saturated heterocycles. The Bertz CT molecular complexity index is 903. The third-order valence-corrected chi connectivity index (χ3v) is 3.48. The highest BCUT2D eigenvalue weighted by molar-refractivity contribution is 6.16. The zero-order chi connectivity index (χ0) is 15.0. The van der Waals surface area contributed by atoms with E-state index in [1.807, 2.05) is 0 Å². The molecule has 1 heterocycles. The second-order valence-corrected chi connectivity index (χ2v) is 4.87. The number of halogens is 1. The van der Waals surface area contributed by atoms with E-state index in [-0.39, 0.29) is 11.6 Å². The van der Waals surface area contributed by atoms with Crippen LogP contribution in [0.4, 0.5) is 4.39 Å². The topological polar surface area (TPSA) is 56.6 Å². The van der Waals surface area contributed by atoms with E-state index in [1.54, 1.807) is 37.4 Å². The van der Waals surface area contributed by atoms with Crippen LogP contribution in [0.1, 0.15) is 27.0 Å². The zero-order valence-corrected chi connectivity index (χ0v) is 11.3. The van der Waals surface area contributed by atoms with Crippen molar-refractivity contribution in [2.24, 2.45) is 0 Å². The van der Waals surface area contributed by atoms with Gasteiger partial charge >= 0.3 is 0 Å². The van der Waals surface area contributed by atoms with Crippen LogP contribution in [-0.2, 0) is 0 Å². The number of hydrogen-bond acceptors (Lipinski definition) is 2. The molecule has 3 nitrogen and oxygen atoms in total. The average Bonchev–Trinajstić information content (AvgIpc) is 2.92. The number of carbonyl (C=O) groups excluding carboxylic acids is 1. The van der Waals surface area contributed by atoms with Gasteiger partial charge in [-0.25, -0.2) is 4.39 Å². The molecule has 3 rings (SSSR count). The number of nitrogens with one attached hydrogen (secondary N) is 1. The monoisotopic (exact) mass is 278 g/mol. The van der Waals surface area contributed by atoms with Crippen LogP contribution >= 0.6 is 0 Å². The van der Waals surface area contributed by atoms with Crippen LogP contribution < -0.4 is 0 Å². The van der Waals surface area contributed by atoms with E-state index in [2.05, 4.69) is 11.1 Å². The first-order valence-electron chi connectivity index (χ1n) is 6.42. The molecule has 1 N–H and O–H groups in total. The second-order valence-electron chi connectivity index (χ2n) is 4.87. The van der Waals surface area contributed by atoms with Crippen LogP contribution in [-0.4, -0.2) is 10.8 Å². The summed E-state index contributed by atoms with van der Waals surface area (Å²) in [6, 6.07) is 11.5. The summed E-state index contributed by atoms with van der Waals surface area (Å²) in [5, 5.41) is 9.63. The van der Waals surface area contributed by atoms with E-state index < -0.39 is 0 Å². The Morgan fingerprint density at radius 2 is 2.05 bits per heavy atom. The first-order chi connectivity index (χ1) is 10.1. The SMILES string of the molecule is Cc1cc(C(=O)c2c[nH]c3cc(C#N)ccc23)ccc1F. The molecule has 0 radical (unpaired) electrons.